The van der Waals surface area contributed by atoms with Crippen LogP contribution in [0.3, 0.4) is 0 Å². The first kappa shape index (κ1) is 14.4. The van der Waals surface area contributed by atoms with Crippen molar-refractivity contribution in [3.8, 4) is 5.75 Å². The lowest BCUT2D eigenvalue weighted by Gasteiger charge is -2.39. The highest BCUT2D eigenvalue weighted by molar-refractivity contribution is 5.97. The Morgan fingerprint density at radius 2 is 1.95 bits per heavy atom. The predicted octanol–water partition coefficient (Wildman–Crippen LogP) is 1.76. The van der Waals surface area contributed by atoms with Gasteiger partial charge >= 0.3 is 0 Å². The monoisotopic (exact) mass is 291 g/mol. The standard InChI is InChI=1S/C16H21NO4/c1-19-13-5-3-2-4-12(13)16(18)17-11-6-7-14-15(10-11)21-9-8-20-14/h2-5,11,14-15H,6-10H2,1H3,(H,17,18)/t11-,14+,15+/m1/s1. The number of nitrogens with one attached hydrogen (secondary N) is 1. The first-order valence-corrected chi connectivity index (χ1v) is 7.45. The second kappa shape index (κ2) is 6.45. The van der Waals surface area contributed by atoms with Gasteiger partial charge in [0.25, 0.3) is 5.91 Å². The van der Waals surface area contributed by atoms with E-state index < -0.39 is 0 Å². The van der Waals surface area contributed by atoms with Crippen LogP contribution in [0.4, 0.5) is 0 Å². The summed E-state index contributed by atoms with van der Waals surface area (Å²) in [5.41, 5.74) is 0.572. The Kier molecular flexibility index (Phi) is 4.41. The van der Waals surface area contributed by atoms with E-state index in [4.69, 9.17) is 14.2 Å². The lowest BCUT2D eigenvalue weighted by molar-refractivity contribution is -0.157. The van der Waals surface area contributed by atoms with E-state index in [1.807, 2.05) is 12.1 Å². The molecule has 21 heavy (non-hydrogen) atoms. The van der Waals surface area contributed by atoms with Crippen molar-refractivity contribution in [2.24, 2.45) is 0 Å². The van der Waals surface area contributed by atoms with Crippen molar-refractivity contribution in [1.29, 1.82) is 0 Å². The van der Waals surface area contributed by atoms with Gasteiger partial charge < -0.3 is 19.5 Å². The van der Waals surface area contributed by atoms with Crippen LogP contribution >= 0.6 is 0 Å². The molecule has 0 aromatic heterocycles. The zero-order valence-corrected chi connectivity index (χ0v) is 12.2. The molecule has 114 valence electrons. The minimum Gasteiger partial charge on any atom is -0.496 e. The van der Waals surface area contributed by atoms with Gasteiger partial charge in [-0.15, -0.1) is 0 Å². The van der Waals surface area contributed by atoms with E-state index in [0.29, 0.717) is 24.5 Å². The molecule has 3 rings (SSSR count). The molecule has 0 unspecified atom stereocenters. The number of carbonyl (C=O) groups is 1. The number of carbonyl (C=O) groups excluding carboxylic acids is 1. The van der Waals surface area contributed by atoms with Crippen LogP contribution in [0, 0.1) is 0 Å². The van der Waals surface area contributed by atoms with Crippen LogP contribution in [-0.4, -0.2) is 44.5 Å². The Bertz CT molecular complexity index is 505. The van der Waals surface area contributed by atoms with E-state index in [2.05, 4.69) is 5.32 Å². The Balaban J connectivity index is 1.62. The fourth-order valence-electron chi connectivity index (χ4n) is 3.09. The van der Waals surface area contributed by atoms with E-state index in [-0.39, 0.29) is 24.2 Å². The Morgan fingerprint density at radius 3 is 2.76 bits per heavy atom. The smallest absolute Gasteiger partial charge is 0.255 e. The molecule has 0 radical (unpaired) electrons. The van der Waals surface area contributed by atoms with Gasteiger partial charge in [0.2, 0.25) is 0 Å². The van der Waals surface area contributed by atoms with Gasteiger partial charge in [-0.25, -0.2) is 0 Å². The normalized spacial score (nSPS) is 28.5. The van der Waals surface area contributed by atoms with Gasteiger partial charge in [0.15, 0.2) is 0 Å². The molecule has 1 heterocycles. The average Bonchev–Trinajstić information content (AvgIpc) is 2.54. The number of amides is 1. The summed E-state index contributed by atoms with van der Waals surface area (Å²) in [6.45, 7) is 1.33. The number of para-hydroxylation sites is 1. The second-order valence-electron chi connectivity index (χ2n) is 5.50. The highest BCUT2D eigenvalue weighted by Crippen LogP contribution is 2.27. The molecule has 2 aliphatic rings. The van der Waals surface area contributed by atoms with E-state index in [0.717, 1.165) is 19.3 Å². The molecule has 1 saturated heterocycles. The van der Waals surface area contributed by atoms with Gasteiger partial charge in [-0.05, 0) is 31.4 Å². The molecule has 2 fully saturated rings. The summed E-state index contributed by atoms with van der Waals surface area (Å²) in [4.78, 5) is 12.4. The van der Waals surface area contributed by atoms with Crippen molar-refractivity contribution in [2.75, 3.05) is 20.3 Å². The molecule has 5 heteroatoms. The third-order valence-electron chi connectivity index (χ3n) is 4.17. The zero-order valence-electron chi connectivity index (χ0n) is 12.2. The van der Waals surface area contributed by atoms with Crippen LogP contribution in [0.2, 0.25) is 0 Å². The molecule has 1 amide bonds. The third kappa shape index (κ3) is 3.19. The van der Waals surface area contributed by atoms with Crippen molar-refractivity contribution in [3.63, 3.8) is 0 Å². The van der Waals surface area contributed by atoms with Gasteiger partial charge in [0.1, 0.15) is 5.75 Å². The molecule has 1 aromatic rings. The quantitative estimate of drug-likeness (QED) is 0.922. The van der Waals surface area contributed by atoms with E-state index in [9.17, 15) is 4.79 Å². The highest BCUT2D eigenvalue weighted by atomic mass is 16.6. The lowest BCUT2D eigenvalue weighted by Crippen LogP contribution is -2.49. The average molecular weight is 291 g/mol. The van der Waals surface area contributed by atoms with Crippen LogP contribution in [0.25, 0.3) is 0 Å². The van der Waals surface area contributed by atoms with Crippen LogP contribution in [0.5, 0.6) is 5.75 Å². The van der Waals surface area contributed by atoms with Gasteiger partial charge in [-0.1, -0.05) is 12.1 Å². The maximum Gasteiger partial charge on any atom is 0.255 e. The predicted molar refractivity (Wildman–Crippen MR) is 77.6 cm³/mol. The largest absolute Gasteiger partial charge is 0.496 e. The number of fused-ring (bicyclic) bond motifs is 1. The Morgan fingerprint density at radius 1 is 1.19 bits per heavy atom. The second-order valence-corrected chi connectivity index (χ2v) is 5.50. The first-order chi connectivity index (χ1) is 10.3. The van der Waals surface area contributed by atoms with Crippen molar-refractivity contribution in [2.45, 2.75) is 37.5 Å². The van der Waals surface area contributed by atoms with Gasteiger partial charge in [0, 0.05) is 6.04 Å². The summed E-state index contributed by atoms with van der Waals surface area (Å²) in [6.07, 6.45) is 2.96. The van der Waals surface area contributed by atoms with Crippen molar-refractivity contribution in [3.05, 3.63) is 29.8 Å². The Labute approximate surface area is 124 Å². The lowest BCUT2D eigenvalue weighted by atomic mass is 9.89. The zero-order chi connectivity index (χ0) is 14.7. The van der Waals surface area contributed by atoms with Gasteiger partial charge in [-0.3, -0.25) is 4.79 Å². The molecule has 1 aliphatic carbocycles. The number of methoxy groups -OCH3 is 1. The SMILES string of the molecule is COc1ccccc1C(=O)N[C@@H]1CC[C@@H]2OCCO[C@H]2C1. The summed E-state index contributed by atoms with van der Waals surface area (Å²) in [5, 5.41) is 3.09. The molecule has 1 aliphatic heterocycles. The fraction of sp³-hybridized carbons (Fsp3) is 0.562. The molecule has 1 N–H and O–H groups in total. The van der Waals surface area contributed by atoms with Gasteiger partial charge in [0.05, 0.1) is 38.1 Å². The van der Waals surface area contributed by atoms with E-state index in [1.165, 1.54) is 0 Å². The summed E-state index contributed by atoms with van der Waals surface area (Å²) in [6, 6.07) is 7.40. The number of hydrogen-bond acceptors (Lipinski definition) is 4. The van der Waals surface area contributed by atoms with Crippen LogP contribution in [0.15, 0.2) is 24.3 Å². The number of rotatable bonds is 3. The topological polar surface area (TPSA) is 56.8 Å². The fourth-order valence-corrected chi connectivity index (χ4v) is 3.09. The van der Waals surface area contributed by atoms with Gasteiger partial charge in [-0.2, -0.15) is 0 Å². The molecule has 0 spiro atoms. The number of hydrogen-bond donors (Lipinski definition) is 1. The van der Waals surface area contributed by atoms with Crippen LogP contribution in [0.1, 0.15) is 29.6 Å². The maximum absolute atomic E-state index is 12.4. The molecule has 1 saturated carbocycles. The molecule has 1 aromatic carbocycles. The van der Waals surface area contributed by atoms with Crippen molar-refractivity contribution < 1.29 is 19.0 Å². The van der Waals surface area contributed by atoms with Crippen LogP contribution < -0.4 is 10.1 Å². The maximum atomic E-state index is 12.4. The molecular formula is C16H21NO4. The summed E-state index contributed by atoms with van der Waals surface area (Å²) < 4.78 is 16.7. The molecule has 3 atom stereocenters. The van der Waals surface area contributed by atoms with Crippen LogP contribution in [-0.2, 0) is 9.47 Å². The number of ether oxygens (including phenoxy) is 3. The first-order valence-electron chi connectivity index (χ1n) is 7.45. The minimum absolute atomic E-state index is 0.0902. The molecule has 5 nitrogen and oxygen atoms in total. The third-order valence-corrected chi connectivity index (χ3v) is 4.17. The number of benzene rings is 1. The van der Waals surface area contributed by atoms with E-state index >= 15 is 0 Å². The van der Waals surface area contributed by atoms with Crippen molar-refractivity contribution in [1.82, 2.24) is 5.32 Å². The minimum atomic E-state index is -0.0902. The molecule has 0 bridgehead atoms. The summed E-state index contributed by atoms with van der Waals surface area (Å²) in [7, 11) is 1.57. The summed E-state index contributed by atoms with van der Waals surface area (Å²) >= 11 is 0. The molecular weight excluding hydrogens is 270 g/mol. The Hall–Kier alpha value is -1.59. The van der Waals surface area contributed by atoms with E-state index in [1.54, 1.807) is 19.2 Å². The highest BCUT2D eigenvalue weighted by Gasteiger charge is 2.34. The summed E-state index contributed by atoms with van der Waals surface area (Å²) in [5.74, 6) is 0.508. The van der Waals surface area contributed by atoms with Crippen molar-refractivity contribution >= 4 is 5.91 Å².